The lowest BCUT2D eigenvalue weighted by molar-refractivity contribution is -0.121. The van der Waals surface area contributed by atoms with Crippen LogP contribution in [0.1, 0.15) is 93.9 Å². The Balaban J connectivity index is 3.33. The first-order chi connectivity index (χ1) is 15.3. The van der Waals surface area contributed by atoms with Gasteiger partial charge < -0.3 is 8.85 Å². The summed E-state index contributed by atoms with van der Waals surface area (Å²) in [5.74, 6) is 0.348. The first-order valence-corrected chi connectivity index (χ1v) is 19.3. The molecule has 4 atom stereocenters. The standard InChI is InChI=1S/C29H56O3Si2/c1-14-16-17-20-29(9,32-34(12,13)28(6,7)8)21-19-24-23(18-15-2)25(30)22-26(24)31-33(10,11)27(3,4)5/h15,19,21,23-24,26H,2,14,16-18,20,22H2,1,3-13H3. The lowest BCUT2D eigenvalue weighted by Gasteiger charge is -2.43. The number of allylic oxidation sites excluding steroid dienone is 1. The van der Waals surface area contributed by atoms with Gasteiger partial charge in [-0.3, -0.25) is 4.79 Å². The average molecular weight is 509 g/mol. The average Bonchev–Trinajstić information content (AvgIpc) is 2.92. The van der Waals surface area contributed by atoms with Gasteiger partial charge >= 0.3 is 0 Å². The molecule has 0 aromatic heterocycles. The van der Waals surface area contributed by atoms with E-state index in [4.69, 9.17) is 8.85 Å². The summed E-state index contributed by atoms with van der Waals surface area (Å²) in [5.41, 5.74) is -0.329. The minimum absolute atomic E-state index is 0.0451. The van der Waals surface area contributed by atoms with Crippen LogP contribution in [0.15, 0.2) is 24.8 Å². The summed E-state index contributed by atoms with van der Waals surface area (Å²) >= 11 is 0. The number of unbranched alkanes of at least 4 members (excludes halogenated alkanes) is 2. The molecule has 0 spiro atoms. The van der Waals surface area contributed by atoms with Crippen LogP contribution in [0.5, 0.6) is 0 Å². The van der Waals surface area contributed by atoms with E-state index in [-0.39, 0.29) is 33.6 Å². The monoisotopic (exact) mass is 508 g/mol. The van der Waals surface area contributed by atoms with Crippen molar-refractivity contribution in [1.29, 1.82) is 0 Å². The summed E-state index contributed by atoms with van der Waals surface area (Å²) in [7, 11) is -3.96. The number of hydrogen-bond donors (Lipinski definition) is 0. The molecule has 0 aromatic rings. The molecule has 1 saturated carbocycles. The SMILES string of the molecule is C=CCC1C(=O)CC(O[Si](C)(C)C(C)(C)C)C1C=CC(C)(CCCCC)O[Si](C)(C)C(C)(C)C. The third-order valence-corrected chi connectivity index (χ3v) is 17.7. The van der Waals surface area contributed by atoms with E-state index in [0.717, 1.165) is 12.8 Å². The molecular weight excluding hydrogens is 452 g/mol. The van der Waals surface area contributed by atoms with Gasteiger partial charge in [0.05, 0.1) is 11.7 Å². The van der Waals surface area contributed by atoms with Gasteiger partial charge in [-0.15, -0.1) is 6.58 Å². The molecule has 0 radical (unpaired) electrons. The van der Waals surface area contributed by atoms with Crippen LogP contribution in [0.25, 0.3) is 0 Å². The van der Waals surface area contributed by atoms with Crippen LogP contribution < -0.4 is 0 Å². The Morgan fingerprint density at radius 3 is 2.00 bits per heavy atom. The van der Waals surface area contributed by atoms with Gasteiger partial charge in [0, 0.05) is 18.3 Å². The zero-order valence-electron chi connectivity index (χ0n) is 24.6. The maximum absolute atomic E-state index is 13.0. The molecular formula is C29H56O3Si2. The smallest absolute Gasteiger partial charge is 0.193 e. The Bertz CT molecular complexity index is 712. The highest BCUT2D eigenvalue weighted by Gasteiger charge is 2.47. The van der Waals surface area contributed by atoms with E-state index >= 15 is 0 Å². The maximum atomic E-state index is 13.0. The molecule has 3 nitrogen and oxygen atoms in total. The minimum Gasteiger partial charge on any atom is -0.413 e. The molecule has 1 aliphatic carbocycles. The van der Waals surface area contributed by atoms with Crippen molar-refractivity contribution in [3.05, 3.63) is 24.8 Å². The molecule has 1 fully saturated rings. The van der Waals surface area contributed by atoms with Crippen LogP contribution in [-0.4, -0.2) is 34.1 Å². The van der Waals surface area contributed by atoms with Crippen molar-refractivity contribution in [3.8, 4) is 0 Å². The van der Waals surface area contributed by atoms with Gasteiger partial charge in [-0.25, -0.2) is 0 Å². The van der Waals surface area contributed by atoms with Gasteiger partial charge in [-0.05, 0) is 56.0 Å². The van der Waals surface area contributed by atoms with E-state index in [0.29, 0.717) is 18.6 Å². The van der Waals surface area contributed by atoms with Crippen molar-refractivity contribution >= 4 is 22.4 Å². The number of hydrogen-bond acceptors (Lipinski definition) is 3. The summed E-state index contributed by atoms with van der Waals surface area (Å²) < 4.78 is 13.9. The summed E-state index contributed by atoms with van der Waals surface area (Å²) in [6.45, 7) is 31.4. The van der Waals surface area contributed by atoms with E-state index in [9.17, 15) is 4.79 Å². The van der Waals surface area contributed by atoms with Crippen LogP contribution in [0.2, 0.25) is 36.3 Å². The molecule has 0 aliphatic heterocycles. The fourth-order valence-corrected chi connectivity index (χ4v) is 7.30. The lowest BCUT2D eigenvalue weighted by atomic mass is 9.88. The highest BCUT2D eigenvalue weighted by molar-refractivity contribution is 6.74. The Morgan fingerprint density at radius 2 is 1.53 bits per heavy atom. The molecule has 0 N–H and O–H groups in total. The van der Waals surface area contributed by atoms with Gasteiger partial charge in [0.1, 0.15) is 5.78 Å². The zero-order valence-corrected chi connectivity index (χ0v) is 26.6. The largest absolute Gasteiger partial charge is 0.413 e. The quantitative estimate of drug-likeness (QED) is 0.150. The molecule has 198 valence electrons. The molecule has 0 heterocycles. The topological polar surface area (TPSA) is 35.5 Å². The molecule has 0 saturated heterocycles. The van der Waals surface area contributed by atoms with Gasteiger partial charge in [-0.2, -0.15) is 0 Å². The minimum atomic E-state index is -1.99. The number of carbonyl (C=O) groups is 1. The van der Waals surface area contributed by atoms with E-state index in [1.165, 1.54) is 12.8 Å². The number of rotatable bonds is 12. The van der Waals surface area contributed by atoms with Crippen LogP contribution in [0, 0.1) is 11.8 Å². The van der Waals surface area contributed by atoms with E-state index in [1.807, 2.05) is 6.08 Å². The lowest BCUT2D eigenvalue weighted by Crippen LogP contribution is -2.48. The normalized spacial score (nSPS) is 24.6. The number of carbonyl (C=O) groups excluding carboxylic acids is 1. The van der Waals surface area contributed by atoms with Crippen molar-refractivity contribution in [2.75, 3.05) is 0 Å². The van der Waals surface area contributed by atoms with Crippen molar-refractivity contribution in [2.45, 2.75) is 142 Å². The first-order valence-electron chi connectivity index (χ1n) is 13.5. The number of ketones is 1. The second-order valence-corrected chi connectivity index (χ2v) is 23.3. The Kier molecular flexibility index (Phi) is 10.9. The predicted molar refractivity (Wildman–Crippen MR) is 153 cm³/mol. The second kappa shape index (κ2) is 11.7. The highest BCUT2D eigenvalue weighted by Crippen LogP contribution is 2.44. The van der Waals surface area contributed by atoms with E-state index in [2.05, 4.69) is 100 Å². The Morgan fingerprint density at radius 1 is 0.971 bits per heavy atom. The Hall–Kier alpha value is -0.496. The van der Waals surface area contributed by atoms with Gasteiger partial charge in [-0.1, -0.05) is 86.0 Å². The zero-order chi connectivity index (χ0) is 26.6. The van der Waals surface area contributed by atoms with Crippen molar-refractivity contribution in [3.63, 3.8) is 0 Å². The molecule has 0 aromatic carbocycles. The summed E-state index contributed by atoms with van der Waals surface area (Å²) in [4.78, 5) is 13.0. The fraction of sp³-hybridized carbons (Fsp3) is 0.828. The van der Waals surface area contributed by atoms with Gasteiger partial charge in [0.25, 0.3) is 0 Å². The van der Waals surface area contributed by atoms with E-state index < -0.39 is 16.6 Å². The third-order valence-electron chi connectivity index (χ3n) is 8.62. The summed E-state index contributed by atoms with van der Waals surface area (Å²) in [6, 6.07) is 0. The molecule has 34 heavy (non-hydrogen) atoms. The Labute approximate surface area is 214 Å². The van der Waals surface area contributed by atoms with Crippen LogP contribution in [-0.2, 0) is 13.6 Å². The molecule has 1 rings (SSSR count). The number of Topliss-reactive ketones (excluding diaryl/α,β-unsaturated/α-hetero) is 1. The predicted octanol–water partition coefficient (Wildman–Crippen LogP) is 9.08. The van der Waals surface area contributed by atoms with Crippen LogP contribution in [0.3, 0.4) is 0 Å². The molecule has 4 unspecified atom stereocenters. The van der Waals surface area contributed by atoms with E-state index in [1.54, 1.807) is 0 Å². The maximum Gasteiger partial charge on any atom is 0.193 e. The fourth-order valence-electron chi connectivity index (χ4n) is 4.31. The first kappa shape index (κ1) is 31.5. The second-order valence-electron chi connectivity index (χ2n) is 13.8. The molecule has 5 heteroatoms. The van der Waals surface area contributed by atoms with Crippen molar-refractivity contribution < 1.29 is 13.6 Å². The molecule has 0 amide bonds. The third kappa shape index (κ3) is 8.28. The van der Waals surface area contributed by atoms with Crippen LogP contribution in [0.4, 0.5) is 0 Å². The summed E-state index contributed by atoms with van der Waals surface area (Å²) in [6.07, 6.45) is 12.2. The molecule has 0 bridgehead atoms. The van der Waals surface area contributed by atoms with Crippen molar-refractivity contribution in [1.82, 2.24) is 0 Å². The van der Waals surface area contributed by atoms with Crippen molar-refractivity contribution in [2.24, 2.45) is 11.8 Å². The van der Waals surface area contributed by atoms with Crippen LogP contribution >= 0.6 is 0 Å². The summed E-state index contributed by atoms with van der Waals surface area (Å²) in [5, 5.41) is 0.260. The molecule has 1 aliphatic rings. The van der Waals surface area contributed by atoms with Gasteiger partial charge in [0.2, 0.25) is 0 Å². The van der Waals surface area contributed by atoms with Gasteiger partial charge in [0.15, 0.2) is 16.6 Å². The highest BCUT2D eigenvalue weighted by atomic mass is 28.4.